The van der Waals surface area contributed by atoms with Gasteiger partial charge < -0.3 is 5.32 Å². The third kappa shape index (κ3) is 2.54. The molecular weight excluding hydrogens is 240 g/mol. The molecule has 0 bridgehead atoms. The number of hydrogen-bond donors (Lipinski definition) is 1. The van der Waals surface area contributed by atoms with E-state index >= 15 is 0 Å². The Bertz CT molecular complexity index is 308. The predicted octanol–water partition coefficient (Wildman–Crippen LogP) is 3.84. The zero-order valence-electron chi connectivity index (χ0n) is 7.59. The van der Waals surface area contributed by atoms with Crippen LogP contribution in [0.3, 0.4) is 0 Å². The normalized spacial score (nSPS) is 20.6. The summed E-state index contributed by atoms with van der Waals surface area (Å²) in [5.74, 6) is 0. The molecule has 0 amide bonds. The van der Waals surface area contributed by atoms with Gasteiger partial charge in [-0.2, -0.15) is 0 Å². The van der Waals surface area contributed by atoms with Crippen molar-refractivity contribution < 1.29 is 0 Å². The Morgan fingerprint density at radius 2 is 2.00 bits per heavy atom. The lowest BCUT2D eigenvalue weighted by molar-refractivity contribution is 0.648. The molecule has 0 aliphatic carbocycles. The van der Waals surface area contributed by atoms with Crippen molar-refractivity contribution in [3.63, 3.8) is 0 Å². The summed E-state index contributed by atoms with van der Waals surface area (Å²) in [4.78, 5) is 0. The molecule has 78 valence electrons. The minimum atomic E-state index is 0. The van der Waals surface area contributed by atoms with E-state index in [9.17, 15) is 0 Å². The molecular formula is C10H12Cl3N. The van der Waals surface area contributed by atoms with Crippen molar-refractivity contribution in [2.75, 3.05) is 6.54 Å². The van der Waals surface area contributed by atoms with Crippen LogP contribution in [-0.4, -0.2) is 6.54 Å². The molecule has 4 heteroatoms. The van der Waals surface area contributed by atoms with Gasteiger partial charge in [0.15, 0.2) is 0 Å². The van der Waals surface area contributed by atoms with Gasteiger partial charge in [0.2, 0.25) is 0 Å². The fourth-order valence-electron chi connectivity index (χ4n) is 1.70. The SMILES string of the molecule is Cl.Clc1ccc(C2CCCN2)cc1Cl. The summed E-state index contributed by atoms with van der Waals surface area (Å²) in [6.07, 6.45) is 2.43. The molecule has 0 aromatic heterocycles. The highest BCUT2D eigenvalue weighted by Gasteiger charge is 2.16. The molecule has 1 fully saturated rings. The second-order valence-electron chi connectivity index (χ2n) is 3.32. The van der Waals surface area contributed by atoms with Gasteiger partial charge in [-0.3, -0.25) is 0 Å². The van der Waals surface area contributed by atoms with Gasteiger partial charge in [0.1, 0.15) is 0 Å². The van der Waals surface area contributed by atoms with Crippen LogP contribution in [0.2, 0.25) is 10.0 Å². The molecule has 1 N–H and O–H groups in total. The monoisotopic (exact) mass is 251 g/mol. The molecule has 1 aromatic carbocycles. The van der Waals surface area contributed by atoms with E-state index in [1.54, 1.807) is 0 Å². The van der Waals surface area contributed by atoms with Crippen molar-refractivity contribution in [2.45, 2.75) is 18.9 Å². The van der Waals surface area contributed by atoms with E-state index in [4.69, 9.17) is 23.2 Å². The highest BCUT2D eigenvalue weighted by atomic mass is 35.5. The Labute approximate surface area is 100 Å². The van der Waals surface area contributed by atoms with Gasteiger partial charge in [0, 0.05) is 6.04 Å². The van der Waals surface area contributed by atoms with Crippen LogP contribution in [0.25, 0.3) is 0 Å². The first-order valence-corrected chi connectivity index (χ1v) is 5.21. The summed E-state index contributed by atoms with van der Waals surface area (Å²) in [5, 5.41) is 4.69. The van der Waals surface area contributed by atoms with Crippen LogP contribution in [-0.2, 0) is 0 Å². The van der Waals surface area contributed by atoms with E-state index in [-0.39, 0.29) is 12.4 Å². The molecule has 1 saturated heterocycles. The van der Waals surface area contributed by atoms with Crippen LogP contribution in [0.1, 0.15) is 24.4 Å². The molecule has 0 saturated carbocycles. The van der Waals surface area contributed by atoms with Crippen molar-refractivity contribution in [2.24, 2.45) is 0 Å². The van der Waals surface area contributed by atoms with Crippen molar-refractivity contribution in [3.8, 4) is 0 Å². The number of benzene rings is 1. The van der Waals surface area contributed by atoms with Gasteiger partial charge in [-0.05, 0) is 37.1 Å². The van der Waals surface area contributed by atoms with E-state index < -0.39 is 0 Å². The topological polar surface area (TPSA) is 12.0 Å². The van der Waals surface area contributed by atoms with Crippen molar-refractivity contribution in [1.82, 2.24) is 5.32 Å². The van der Waals surface area contributed by atoms with Gasteiger partial charge in [0.25, 0.3) is 0 Å². The largest absolute Gasteiger partial charge is 0.310 e. The van der Waals surface area contributed by atoms with Gasteiger partial charge in [-0.1, -0.05) is 29.3 Å². The van der Waals surface area contributed by atoms with E-state index in [1.807, 2.05) is 18.2 Å². The van der Waals surface area contributed by atoms with E-state index in [0.717, 1.165) is 6.54 Å². The molecule has 0 spiro atoms. The summed E-state index contributed by atoms with van der Waals surface area (Å²) in [5.41, 5.74) is 1.24. The molecule has 0 radical (unpaired) electrons. The second-order valence-corrected chi connectivity index (χ2v) is 4.14. The van der Waals surface area contributed by atoms with Crippen LogP contribution in [0.5, 0.6) is 0 Å². The Kier molecular flexibility index (Phi) is 4.52. The third-order valence-corrected chi connectivity index (χ3v) is 3.15. The first kappa shape index (κ1) is 12.1. The summed E-state index contributed by atoms with van der Waals surface area (Å²) in [6, 6.07) is 6.32. The predicted molar refractivity (Wildman–Crippen MR) is 63.7 cm³/mol. The second kappa shape index (κ2) is 5.22. The van der Waals surface area contributed by atoms with Crippen molar-refractivity contribution in [1.29, 1.82) is 0 Å². The van der Waals surface area contributed by atoms with Crippen LogP contribution in [0.15, 0.2) is 18.2 Å². The summed E-state index contributed by atoms with van der Waals surface area (Å²) < 4.78 is 0. The highest BCUT2D eigenvalue weighted by molar-refractivity contribution is 6.42. The zero-order chi connectivity index (χ0) is 9.26. The average molecular weight is 253 g/mol. The minimum Gasteiger partial charge on any atom is -0.310 e. The number of rotatable bonds is 1. The summed E-state index contributed by atoms with van der Waals surface area (Å²) in [6.45, 7) is 1.10. The van der Waals surface area contributed by atoms with Crippen molar-refractivity contribution in [3.05, 3.63) is 33.8 Å². The number of halogens is 3. The standard InChI is InChI=1S/C10H11Cl2N.ClH/c11-8-4-3-7(6-9(8)12)10-2-1-5-13-10;/h3-4,6,10,13H,1-2,5H2;1H. The van der Waals surface area contributed by atoms with Crippen LogP contribution >= 0.6 is 35.6 Å². The maximum Gasteiger partial charge on any atom is 0.0595 e. The first-order chi connectivity index (χ1) is 6.27. The van der Waals surface area contributed by atoms with Crippen molar-refractivity contribution >= 4 is 35.6 Å². The lowest BCUT2D eigenvalue weighted by Crippen LogP contribution is -2.12. The molecule has 1 aliphatic heterocycles. The maximum atomic E-state index is 5.93. The third-order valence-electron chi connectivity index (χ3n) is 2.41. The van der Waals surface area contributed by atoms with Gasteiger partial charge in [0.05, 0.1) is 10.0 Å². The Morgan fingerprint density at radius 3 is 2.57 bits per heavy atom. The molecule has 1 atom stereocenters. The van der Waals surface area contributed by atoms with Gasteiger partial charge in [-0.25, -0.2) is 0 Å². The fraction of sp³-hybridized carbons (Fsp3) is 0.400. The quantitative estimate of drug-likeness (QED) is 0.801. The highest BCUT2D eigenvalue weighted by Crippen LogP contribution is 2.29. The average Bonchev–Trinajstić information content (AvgIpc) is 2.62. The summed E-state index contributed by atoms with van der Waals surface area (Å²) >= 11 is 11.8. The lowest BCUT2D eigenvalue weighted by atomic mass is 10.1. The number of hydrogen-bond acceptors (Lipinski definition) is 1. The Hall–Kier alpha value is 0.0500. The number of nitrogens with one attached hydrogen (secondary N) is 1. The smallest absolute Gasteiger partial charge is 0.0595 e. The first-order valence-electron chi connectivity index (χ1n) is 4.46. The maximum absolute atomic E-state index is 5.93. The van der Waals surface area contributed by atoms with Crippen LogP contribution in [0, 0.1) is 0 Å². The van der Waals surface area contributed by atoms with E-state index in [1.165, 1.54) is 18.4 Å². The molecule has 14 heavy (non-hydrogen) atoms. The molecule has 1 aromatic rings. The summed E-state index contributed by atoms with van der Waals surface area (Å²) in [7, 11) is 0. The van der Waals surface area contributed by atoms with E-state index in [2.05, 4.69) is 5.32 Å². The zero-order valence-corrected chi connectivity index (χ0v) is 9.92. The molecule has 1 unspecified atom stereocenters. The fourth-order valence-corrected chi connectivity index (χ4v) is 2.00. The molecule has 1 aliphatic rings. The Morgan fingerprint density at radius 1 is 1.21 bits per heavy atom. The molecule has 1 nitrogen and oxygen atoms in total. The van der Waals surface area contributed by atoms with Crippen LogP contribution < -0.4 is 5.32 Å². The van der Waals surface area contributed by atoms with Crippen LogP contribution in [0.4, 0.5) is 0 Å². The Balaban J connectivity index is 0.000000980. The molecule has 2 rings (SSSR count). The minimum absolute atomic E-state index is 0. The lowest BCUT2D eigenvalue weighted by Gasteiger charge is -2.10. The van der Waals surface area contributed by atoms with E-state index in [0.29, 0.717) is 16.1 Å². The van der Waals surface area contributed by atoms with Gasteiger partial charge in [-0.15, -0.1) is 12.4 Å². The molecule has 1 heterocycles. The van der Waals surface area contributed by atoms with Gasteiger partial charge >= 0.3 is 0 Å².